The normalized spacial score (nSPS) is 18.3. The van der Waals surface area contributed by atoms with Crippen LogP contribution in [0, 0.1) is 5.82 Å². The number of halogens is 1. The molecule has 0 heterocycles. The Hall–Kier alpha value is -1.58. The van der Waals surface area contributed by atoms with Gasteiger partial charge < -0.3 is 9.84 Å². The molecule has 0 radical (unpaired) electrons. The summed E-state index contributed by atoms with van der Waals surface area (Å²) in [7, 11) is 0. The maximum absolute atomic E-state index is 13.7. The lowest BCUT2D eigenvalue weighted by atomic mass is 9.86. The number of rotatable bonds is 3. The standard InChI is InChI=1S/C14H17FO3/c1-14(7-3-2-4-8-14)18-12-6-5-10(13(16)17)9-11(12)15/h5-6,9H,2-4,7-8H2,1H3,(H,16,17). The van der Waals surface area contributed by atoms with Gasteiger partial charge in [-0.15, -0.1) is 0 Å². The summed E-state index contributed by atoms with van der Waals surface area (Å²) < 4.78 is 19.5. The Kier molecular flexibility index (Phi) is 3.55. The van der Waals surface area contributed by atoms with Gasteiger partial charge >= 0.3 is 5.97 Å². The number of hydrogen-bond donors (Lipinski definition) is 1. The number of benzene rings is 1. The molecule has 0 aromatic heterocycles. The summed E-state index contributed by atoms with van der Waals surface area (Å²) in [6.07, 6.45) is 5.19. The van der Waals surface area contributed by atoms with E-state index in [1.54, 1.807) is 0 Å². The van der Waals surface area contributed by atoms with Gasteiger partial charge in [0.1, 0.15) is 5.60 Å². The average molecular weight is 252 g/mol. The van der Waals surface area contributed by atoms with Crippen LogP contribution in [0.1, 0.15) is 49.4 Å². The minimum Gasteiger partial charge on any atom is -0.485 e. The quantitative estimate of drug-likeness (QED) is 0.893. The van der Waals surface area contributed by atoms with Gasteiger partial charge in [-0.1, -0.05) is 6.42 Å². The first kappa shape index (κ1) is 12.9. The predicted octanol–water partition coefficient (Wildman–Crippen LogP) is 3.63. The van der Waals surface area contributed by atoms with Crippen LogP contribution < -0.4 is 4.74 Å². The fraction of sp³-hybridized carbons (Fsp3) is 0.500. The molecule has 0 bridgehead atoms. The molecular formula is C14H17FO3. The van der Waals surface area contributed by atoms with Crippen molar-refractivity contribution >= 4 is 5.97 Å². The summed E-state index contributed by atoms with van der Waals surface area (Å²) in [5.41, 5.74) is -0.391. The highest BCUT2D eigenvalue weighted by atomic mass is 19.1. The highest BCUT2D eigenvalue weighted by Gasteiger charge is 2.29. The van der Waals surface area contributed by atoms with Crippen LogP contribution in [0.15, 0.2) is 18.2 Å². The Morgan fingerprint density at radius 2 is 2.00 bits per heavy atom. The van der Waals surface area contributed by atoms with Crippen LogP contribution in [0.25, 0.3) is 0 Å². The molecule has 0 atom stereocenters. The maximum atomic E-state index is 13.7. The van der Waals surface area contributed by atoms with Crippen molar-refractivity contribution in [3.8, 4) is 5.75 Å². The zero-order valence-electron chi connectivity index (χ0n) is 10.4. The number of aromatic carboxylic acids is 1. The molecule has 1 aromatic carbocycles. The molecular weight excluding hydrogens is 235 g/mol. The summed E-state index contributed by atoms with van der Waals surface area (Å²) in [5, 5.41) is 8.76. The van der Waals surface area contributed by atoms with E-state index in [2.05, 4.69) is 0 Å². The van der Waals surface area contributed by atoms with Gasteiger partial charge in [-0.05, 0) is 50.8 Å². The average Bonchev–Trinajstić information content (AvgIpc) is 2.32. The largest absolute Gasteiger partial charge is 0.485 e. The molecule has 1 aliphatic carbocycles. The first-order valence-electron chi connectivity index (χ1n) is 6.22. The fourth-order valence-electron chi connectivity index (χ4n) is 2.38. The van der Waals surface area contributed by atoms with Crippen molar-refractivity contribution in [2.45, 2.75) is 44.6 Å². The molecule has 0 spiro atoms. The number of carboxylic acids is 1. The van der Waals surface area contributed by atoms with Gasteiger partial charge in [0.2, 0.25) is 0 Å². The van der Waals surface area contributed by atoms with Crippen LogP contribution in [0.2, 0.25) is 0 Å². The first-order chi connectivity index (χ1) is 8.50. The summed E-state index contributed by atoms with van der Waals surface area (Å²) in [6.45, 7) is 1.98. The molecule has 0 aliphatic heterocycles. The van der Waals surface area contributed by atoms with Gasteiger partial charge in [-0.2, -0.15) is 0 Å². The SMILES string of the molecule is CC1(Oc2ccc(C(=O)O)cc2F)CCCCC1. The van der Waals surface area contributed by atoms with E-state index >= 15 is 0 Å². The maximum Gasteiger partial charge on any atom is 0.335 e. The Labute approximate surface area is 106 Å². The third kappa shape index (κ3) is 2.81. The molecule has 18 heavy (non-hydrogen) atoms. The van der Waals surface area contributed by atoms with Crippen LogP contribution in [0.4, 0.5) is 4.39 Å². The lowest BCUT2D eigenvalue weighted by Crippen LogP contribution is -2.34. The highest BCUT2D eigenvalue weighted by Crippen LogP contribution is 2.33. The fourth-order valence-corrected chi connectivity index (χ4v) is 2.38. The van der Waals surface area contributed by atoms with E-state index in [9.17, 15) is 9.18 Å². The van der Waals surface area contributed by atoms with Crippen LogP contribution in [0.5, 0.6) is 5.75 Å². The minimum absolute atomic E-state index is 0.0614. The van der Waals surface area contributed by atoms with Crippen LogP contribution in [-0.4, -0.2) is 16.7 Å². The second-order valence-electron chi connectivity index (χ2n) is 5.06. The third-order valence-electron chi connectivity index (χ3n) is 3.45. The molecule has 0 unspecified atom stereocenters. The Balaban J connectivity index is 2.16. The van der Waals surface area contributed by atoms with E-state index < -0.39 is 11.8 Å². The van der Waals surface area contributed by atoms with E-state index in [1.165, 1.54) is 18.6 Å². The van der Waals surface area contributed by atoms with Gasteiger partial charge in [-0.3, -0.25) is 0 Å². The van der Waals surface area contributed by atoms with Crippen molar-refractivity contribution in [3.05, 3.63) is 29.6 Å². The molecule has 1 fully saturated rings. The number of carboxylic acid groups (broad SMARTS) is 1. The summed E-state index contributed by atoms with van der Waals surface area (Å²) in [6, 6.07) is 3.77. The molecule has 3 nitrogen and oxygen atoms in total. The van der Waals surface area contributed by atoms with Gasteiger partial charge in [0, 0.05) is 0 Å². The van der Waals surface area contributed by atoms with Crippen molar-refractivity contribution in [1.29, 1.82) is 0 Å². The molecule has 1 N–H and O–H groups in total. The molecule has 98 valence electrons. The molecule has 1 aromatic rings. The van der Waals surface area contributed by atoms with Crippen LogP contribution >= 0.6 is 0 Å². The van der Waals surface area contributed by atoms with Gasteiger partial charge in [0.15, 0.2) is 11.6 Å². The summed E-state index contributed by atoms with van der Waals surface area (Å²) in [5.74, 6) is -1.60. The topological polar surface area (TPSA) is 46.5 Å². The third-order valence-corrected chi connectivity index (χ3v) is 3.45. The Morgan fingerprint density at radius 1 is 1.33 bits per heavy atom. The van der Waals surface area contributed by atoms with Crippen molar-refractivity contribution in [2.75, 3.05) is 0 Å². The van der Waals surface area contributed by atoms with E-state index in [0.717, 1.165) is 31.7 Å². The predicted molar refractivity (Wildman–Crippen MR) is 65.5 cm³/mol. The molecule has 1 saturated carbocycles. The van der Waals surface area contributed by atoms with E-state index in [4.69, 9.17) is 9.84 Å². The summed E-state index contributed by atoms with van der Waals surface area (Å²) >= 11 is 0. The summed E-state index contributed by atoms with van der Waals surface area (Å²) in [4.78, 5) is 10.7. The van der Waals surface area contributed by atoms with E-state index in [0.29, 0.717) is 0 Å². The zero-order chi connectivity index (χ0) is 13.2. The van der Waals surface area contributed by atoms with Crippen LogP contribution in [0.3, 0.4) is 0 Å². The van der Waals surface area contributed by atoms with Gasteiger partial charge in [0.25, 0.3) is 0 Å². The van der Waals surface area contributed by atoms with Gasteiger partial charge in [0.05, 0.1) is 5.56 Å². The molecule has 1 aliphatic rings. The van der Waals surface area contributed by atoms with Crippen molar-refractivity contribution in [2.24, 2.45) is 0 Å². The van der Waals surface area contributed by atoms with Crippen molar-refractivity contribution < 1.29 is 19.0 Å². The monoisotopic (exact) mass is 252 g/mol. The van der Waals surface area contributed by atoms with Crippen LogP contribution in [-0.2, 0) is 0 Å². The van der Waals surface area contributed by atoms with E-state index in [-0.39, 0.29) is 16.9 Å². The minimum atomic E-state index is -1.13. The lowest BCUT2D eigenvalue weighted by molar-refractivity contribution is 0.0447. The highest BCUT2D eigenvalue weighted by molar-refractivity contribution is 5.87. The molecule has 4 heteroatoms. The number of hydrogen-bond acceptors (Lipinski definition) is 2. The van der Waals surface area contributed by atoms with E-state index in [1.807, 2.05) is 6.92 Å². The molecule has 0 saturated heterocycles. The Morgan fingerprint density at radius 3 is 2.56 bits per heavy atom. The number of carbonyl (C=O) groups is 1. The van der Waals surface area contributed by atoms with Crippen molar-refractivity contribution in [1.82, 2.24) is 0 Å². The Bertz CT molecular complexity index is 450. The zero-order valence-corrected chi connectivity index (χ0v) is 10.4. The van der Waals surface area contributed by atoms with Gasteiger partial charge in [-0.25, -0.2) is 9.18 Å². The number of ether oxygens (including phenoxy) is 1. The van der Waals surface area contributed by atoms with Crippen molar-refractivity contribution in [3.63, 3.8) is 0 Å². The molecule has 2 rings (SSSR count). The second-order valence-corrected chi connectivity index (χ2v) is 5.06. The smallest absolute Gasteiger partial charge is 0.335 e. The molecule has 0 amide bonds. The first-order valence-corrected chi connectivity index (χ1v) is 6.22. The second kappa shape index (κ2) is 4.96. The lowest BCUT2D eigenvalue weighted by Gasteiger charge is -2.34.